The van der Waals surface area contributed by atoms with Gasteiger partial charge in [-0.1, -0.05) is 13.3 Å². The molecule has 3 heteroatoms. The summed E-state index contributed by atoms with van der Waals surface area (Å²) in [5, 5.41) is 12.0. The minimum absolute atomic E-state index is 0.123. The Morgan fingerprint density at radius 1 is 1.58 bits per heavy atom. The van der Waals surface area contributed by atoms with Crippen molar-refractivity contribution in [3.05, 3.63) is 0 Å². The maximum absolute atomic E-state index is 10.6. The van der Waals surface area contributed by atoms with Gasteiger partial charge in [-0.05, 0) is 25.8 Å². The van der Waals surface area contributed by atoms with Gasteiger partial charge in [0.25, 0.3) is 0 Å². The molecule has 1 saturated carbocycles. The molecule has 0 aromatic rings. The van der Waals surface area contributed by atoms with Crippen molar-refractivity contribution < 1.29 is 9.90 Å². The van der Waals surface area contributed by atoms with Gasteiger partial charge in [0.2, 0.25) is 0 Å². The first kappa shape index (κ1) is 9.52. The summed E-state index contributed by atoms with van der Waals surface area (Å²) in [7, 11) is 0. The van der Waals surface area contributed by atoms with Crippen molar-refractivity contribution in [2.45, 2.75) is 38.6 Å². The molecule has 0 radical (unpaired) electrons. The lowest BCUT2D eigenvalue weighted by molar-refractivity contribution is -0.146. The Hall–Kier alpha value is -0.570. The van der Waals surface area contributed by atoms with Gasteiger partial charge in [0.05, 0.1) is 5.92 Å². The molecule has 0 spiro atoms. The van der Waals surface area contributed by atoms with Crippen LogP contribution in [-0.2, 0) is 4.79 Å². The zero-order chi connectivity index (χ0) is 8.97. The van der Waals surface area contributed by atoms with Crippen molar-refractivity contribution in [3.8, 4) is 0 Å². The number of hydrogen-bond donors (Lipinski definition) is 2. The Balaban J connectivity index is 2.12. The lowest BCUT2D eigenvalue weighted by atomic mass is 9.79. The molecule has 0 aromatic heterocycles. The van der Waals surface area contributed by atoms with Gasteiger partial charge in [0.15, 0.2) is 0 Å². The smallest absolute Gasteiger partial charge is 0.308 e. The largest absolute Gasteiger partial charge is 0.481 e. The summed E-state index contributed by atoms with van der Waals surface area (Å²) in [6.45, 7) is 3.10. The lowest BCUT2D eigenvalue weighted by Gasteiger charge is -2.34. The Bertz CT molecular complexity index is 159. The predicted octanol–water partition coefficient (Wildman–Crippen LogP) is 1.24. The van der Waals surface area contributed by atoms with E-state index in [9.17, 15) is 4.79 Å². The van der Waals surface area contributed by atoms with E-state index >= 15 is 0 Å². The van der Waals surface area contributed by atoms with E-state index in [-0.39, 0.29) is 12.0 Å². The molecule has 2 atom stereocenters. The van der Waals surface area contributed by atoms with Gasteiger partial charge in [-0.2, -0.15) is 0 Å². The van der Waals surface area contributed by atoms with Crippen molar-refractivity contribution in [3.63, 3.8) is 0 Å². The third kappa shape index (κ3) is 2.21. The average molecular weight is 171 g/mol. The summed E-state index contributed by atoms with van der Waals surface area (Å²) < 4.78 is 0. The van der Waals surface area contributed by atoms with Gasteiger partial charge in [0.1, 0.15) is 0 Å². The highest BCUT2D eigenvalue weighted by Crippen LogP contribution is 2.27. The van der Waals surface area contributed by atoms with Crippen molar-refractivity contribution in [2.75, 3.05) is 6.54 Å². The van der Waals surface area contributed by atoms with Crippen LogP contribution in [0.5, 0.6) is 0 Å². The minimum Gasteiger partial charge on any atom is -0.481 e. The first-order valence-electron chi connectivity index (χ1n) is 4.72. The molecule has 0 heterocycles. The van der Waals surface area contributed by atoms with Crippen LogP contribution in [0.15, 0.2) is 0 Å². The minimum atomic E-state index is -0.643. The molecule has 0 bridgehead atoms. The molecule has 0 amide bonds. The van der Waals surface area contributed by atoms with E-state index in [0.717, 1.165) is 32.2 Å². The van der Waals surface area contributed by atoms with Crippen LogP contribution < -0.4 is 5.32 Å². The Morgan fingerprint density at radius 3 is 2.75 bits per heavy atom. The summed E-state index contributed by atoms with van der Waals surface area (Å²) in [5.74, 6) is -0.767. The second-order valence-electron chi connectivity index (χ2n) is 3.44. The van der Waals surface area contributed by atoms with Crippen molar-refractivity contribution in [1.29, 1.82) is 0 Å². The van der Waals surface area contributed by atoms with Crippen LogP contribution in [0, 0.1) is 5.92 Å². The maximum atomic E-state index is 10.6. The molecular formula is C9H17NO2. The SMILES string of the molecule is CCCCNC1CCC1C(=O)O. The van der Waals surface area contributed by atoms with Crippen molar-refractivity contribution in [1.82, 2.24) is 5.32 Å². The second kappa shape index (κ2) is 4.45. The number of hydrogen-bond acceptors (Lipinski definition) is 2. The molecule has 3 nitrogen and oxygen atoms in total. The third-order valence-corrected chi connectivity index (χ3v) is 2.53. The number of unbranched alkanes of at least 4 members (excludes halogenated alkanes) is 1. The number of carboxylic acid groups (broad SMARTS) is 1. The number of nitrogens with one attached hydrogen (secondary N) is 1. The number of carboxylic acids is 1. The van der Waals surface area contributed by atoms with Crippen LogP contribution in [0.2, 0.25) is 0 Å². The quantitative estimate of drug-likeness (QED) is 0.612. The molecule has 1 aliphatic carbocycles. The first-order chi connectivity index (χ1) is 5.75. The zero-order valence-corrected chi connectivity index (χ0v) is 7.55. The van der Waals surface area contributed by atoms with E-state index < -0.39 is 5.97 Å². The number of rotatable bonds is 5. The topological polar surface area (TPSA) is 49.3 Å². The van der Waals surface area contributed by atoms with E-state index in [1.807, 2.05) is 0 Å². The fraction of sp³-hybridized carbons (Fsp3) is 0.889. The van der Waals surface area contributed by atoms with Crippen molar-refractivity contribution in [2.24, 2.45) is 5.92 Å². The van der Waals surface area contributed by atoms with Crippen LogP contribution in [0.1, 0.15) is 32.6 Å². The van der Waals surface area contributed by atoms with Crippen LogP contribution in [-0.4, -0.2) is 23.7 Å². The second-order valence-corrected chi connectivity index (χ2v) is 3.44. The van der Waals surface area contributed by atoms with Crippen molar-refractivity contribution >= 4 is 5.97 Å². The summed E-state index contributed by atoms with van der Waals surface area (Å²) >= 11 is 0. The highest BCUT2D eigenvalue weighted by molar-refractivity contribution is 5.72. The first-order valence-corrected chi connectivity index (χ1v) is 4.72. The van der Waals surface area contributed by atoms with E-state index in [0.29, 0.717) is 0 Å². The third-order valence-electron chi connectivity index (χ3n) is 2.53. The van der Waals surface area contributed by atoms with E-state index in [1.54, 1.807) is 0 Å². The fourth-order valence-electron chi connectivity index (χ4n) is 1.50. The maximum Gasteiger partial charge on any atom is 0.308 e. The Labute approximate surface area is 73.2 Å². The van der Waals surface area contributed by atoms with E-state index in [1.165, 1.54) is 0 Å². The average Bonchev–Trinajstić information content (AvgIpc) is 1.94. The highest BCUT2D eigenvalue weighted by Gasteiger charge is 2.35. The normalized spacial score (nSPS) is 28.1. The molecule has 12 heavy (non-hydrogen) atoms. The molecule has 1 aliphatic rings. The standard InChI is InChI=1S/C9H17NO2/c1-2-3-6-10-8-5-4-7(8)9(11)12/h7-8,10H,2-6H2,1H3,(H,11,12). The molecule has 1 rings (SSSR count). The summed E-state index contributed by atoms with van der Waals surface area (Å²) in [5.41, 5.74) is 0. The molecule has 1 fully saturated rings. The van der Waals surface area contributed by atoms with Crippen LogP contribution in [0.25, 0.3) is 0 Å². The highest BCUT2D eigenvalue weighted by atomic mass is 16.4. The van der Waals surface area contributed by atoms with Gasteiger partial charge < -0.3 is 10.4 Å². The predicted molar refractivity (Wildman–Crippen MR) is 47.1 cm³/mol. The molecule has 0 saturated heterocycles. The number of carbonyl (C=O) groups is 1. The molecule has 70 valence electrons. The molecule has 2 unspecified atom stereocenters. The Kier molecular flexibility index (Phi) is 3.53. The summed E-state index contributed by atoms with van der Waals surface area (Å²) in [4.78, 5) is 10.6. The van der Waals surface area contributed by atoms with Crippen LogP contribution in [0.3, 0.4) is 0 Å². The molecular weight excluding hydrogens is 154 g/mol. The molecule has 0 aromatic carbocycles. The summed E-state index contributed by atoms with van der Waals surface area (Å²) in [6, 6.07) is 0.244. The summed E-state index contributed by atoms with van der Waals surface area (Å²) in [6.07, 6.45) is 4.18. The van der Waals surface area contributed by atoms with Gasteiger partial charge in [0, 0.05) is 6.04 Å². The fourth-order valence-corrected chi connectivity index (χ4v) is 1.50. The van der Waals surface area contributed by atoms with Gasteiger partial charge in [-0.3, -0.25) is 4.79 Å². The zero-order valence-electron chi connectivity index (χ0n) is 7.55. The monoisotopic (exact) mass is 171 g/mol. The number of aliphatic carboxylic acids is 1. The van der Waals surface area contributed by atoms with E-state index in [2.05, 4.69) is 12.2 Å². The van der Waals surface area contributed by atoms with Crippen LogP contribution in [0.4, 0.5) is 0 Å². The van der Waals surface area contributed by atoms with Gasteiger partial charge >= 0.3 is 5.97 Å². The van der Waals surface area contributed by atoms with E-state index in [4.69, 9.17) is 5.11 Å². The molecule has 2 N–H and O–H groups in total. The van der Waals surface area contributed by atoms with Crippen LogP contribution >= 0.6 is 0 Å². The lowest BCUT2D eigenvalue weighted by Crippen LogP contribution is -2.47. The Morgan fingerprint density at radius 2 is 2.33 bits per heavy atom. The van der Waals surface area contributed by atoms with Gasteiger partial charge in [-0.25, -0.2) is 0 Å². The van der Waals surface area contributed by atoms with Gasteiger partial charge in [-0.15, -0.1) is 0 Å². The molecule has 0 aliphatic heterocycles.